The fourth-order valence-electron chi connectivity index (χ4n) is 2.53. The number of hydrogen-bond donors (Lipinski definition) is 1. The zero-order valence-electron chi connectivity index (χ0n) is 12.2. The molecule has 1 aliphatic rings. The molecule has 0 bridgehead atoms. The van der Waals surface area contributed by atoms with E-state index in [2.05, 4.69) is 22.9 Å². The van der Waals surface area contributed by atoms with Crippen LogP contribution in [0.3, 0.4) is 0 Å². The monoisotopic (exact) mass is 263 g/mol. The molecule has 1 fully saturated rings. The first-order chi connectivity index (χ1) is 9.15. The van der Waals surface area contributed by atoms with Crippen LogP contribution in [0.15, 0.2) is 18.3 Å². The second-order valence-corrected chi connectivity index (χ2v) is 5.47. The molecule has 106 valence electrons. The van der Waals surface area contributed by atoms with Crippen LogP contribution in [0, 0.1) is 5.92 Å². The predicted octanol–water partition coefficient (Wildman–Crippen LogP) is 2.35. The fourth-order valence-corrected chi connectivity index (χ4v) is 2.53. The zero-order valence-corrected chi connectivity index (χ0v) is 12.2. The number of rotatable bonds is 7. The number of ether oxygens (including phenoxy) is 1. The number of nitrogens with zero attached hydrogens (tertiary/aromatic N) is 2. The third-order valence-electron chi connectivity index (χ3n) is 3.91. The Morgan fingerprint density at radius 2 is 2.21 bits per heavy atom. The average Bonchev–Trinajstić information content (AvgIpc) is 3.23. The topological polar surface area (TPSA) is 51.4 Å². The molecule has 0 spiro atoms. The Morgan fingerprint density at radius 1 is 1.47 bits per heavy atom. The van der Waals surface area contributed by atoms with Gasteiger partial charge < -0.3 is 15.4 Å². The van der Waals surface area contributed by atoms with Crippen molar-refractivity contribution in [2.75, 3.05) is 25.2 Å². The number of pyridine rings is 1. The molecule has 1 aromatic rings. The minimum atomic E-state index is 0.000137. The number of hydrogen-bond acceptors (Lipinski definition) is 4. The molecule has 4 heteroatoms. The fraction of sp³-hybridized carbons (Fsp3) is 0.667. The zero-order chi connectivity index (χ0) is 13.8. The van der Waals surface area contributed by atoms with Crippen molar-refractivity contribution in [1.29, 1.82) is 0 Å². The Bertz CT molecular complexity index is 404. The van der Waals surface area contributed by atoms with Gasteiger partial charge in [0.05, 0.1) is 6.61 Å². The van der Waals surface area contributed by atoms with Gasteiger partial charge in [0.25, 0.3) is 0 Å². The lowest BCUT2D eigenvalue weighted by atomic mass is 10.1. The molecule has 0 aromatic carbocycles. The molecule has 19 heavy (non-hydrogen) atoms. The van der Waals surface area contributed by atoms with E-state index in [-0.39, 0.29) is 6.04 Å². The smallest absolute Gasteiger partial charge is 0.133 e. The van der Waals surface area contributed by atoms with E-state index >= 15 is 0 Å². The van der Waals surface area contributed by atoms with Crippen LogP contribution in [0.5, 0.6) is 0 Å². The minimum absolute atomic E-state index is 0.000137. The number of anilines is 1. The normalized spacial score (nSPS) is 18.1. The predicted molar refractivity (Wildman–Crippen MR) is 78.2 cm³/mol. The first-order valence-corrected chi connectivity index (χ1v) is 7.11. The van der Waals surface area contributed by atoms with E-state index in [4.69, 9.17) is 10.5 Å². The maximum absolute atomic E-state index is 6.07. The quantitative estimate of drug-likeness (QED) is 0.820. The Morgan fingerprint density at radius 3 is 2.79 bits per heavy atom. The van der Waals surface area contributed by atoms with Gasteiger partial charge in [0, 0.05) is 37.5 Å². The van der Waals surface area contributed by atoms with E-state index < -0.39 is 0 Å². The molecule has 2 atom stereocenters. The van der Waals surface area contributed by atoms with Crippen LogP contribution < -0.4 is 10.6 Å². The van der Waals surface area contributed by atoms with Crippen molar-refractivity contribution in [2.45, 2.75) is 38.8 Å². The van der Waals surface area contributed by atoms with Gasteiger partial charge in [-0.25, -0.2) is 4.98 Å². The van der Waals surface area contributed by atoms with E-state index in [0.717, 1.165) is 23.8 Å². The van der Waals surface area contributed by atoms with Crippen LogP contribution in [-0.4, -0.2) is 31.3 Å². The third kappa shape index (κ3) is 3.45. The Hall–Kier alpha value is -1.13. The van der Waals surface area contributed by atoms with E-state index in [9.17, 15) is 0 Å². The van der Waals surface area contributed by atoms with Gasteiger partial charge in [0.1, 0.15) is 5.82 Å². The summed E-state index contributed by atoms with van der Waals surface area (Å²) in [6.07, 6.45) is 4.50. The molecule has 2 rings (SSSR count). The molecule has 1 heterocycles. The average molecular weight is 263 g/mol. The molecule has 2 unspecified atom stereocenters. The molecule has 0 radical (unpaired) electrons. The highest BCUT2D eigenvalue weighted by Crippen LogP contribution is 2.37. The molecule has 0 aliphatic heterocycles. The van der Waals surface area contributed by atoms with Gasteiger partial charge in [-0.1, -0.05) is 6.07 Å². The maximum Gasteiger partial charge on any atom is 0.133 e. The molecule has 1 aromatic heterocycles. The Labute approximate surface area is 116 Å². The standard InChI is InChI=1S/C15H25N3O/c1-11(16)14-5-4-8-17-15(14)18(9-10-19-3)12(2)13-6-7-13/h4-5,8,11-13H,6-7,9-10,16H2,1-3H3. The van der Waals surface area contributed by atoms with Crippen LogP contribution in [0.25, 0.3) is 0 Å². The van der Waals surface area contributed by atoms with Crippen molar-refractivity contribution >= 4 is 5.82 Å². The number of nitrogens with two attached hydrogens (primary N) is 1. The van der Waals surface area contributed by atoms with Crippen LogP contribution in [0.1, 0.15) is 38.3 Å². The van der Waals surface area contributed by atoms with E-state index in [1.165, 1.54) is 12.8 Å². The first-order valence-electron chi connectivity index (χ1n) is 7.11. The van der Waals surface area contributed by atoms with Gasteiger partial charge in [-0.05, 0) is 38.7 Å². The van der Waals surface area contributed by atoms with Gasteiger partial charge in [-0.3, -0.25) is 0 Å². The summed E-state index contributed by atoms with van der Waals surface area (Å²) in [6.45, 7) is 5.88. The SMILES string of the molecule is COCCN(c1ncccc1C(C)N)C(C)C1CC1. The molecule has 1 aliphatic carbocycles. The highest BCUT2D eigenvalue weighted by molar-refractivity contribution is 5.49. The molecule has 0 saturated heterocycles. The summed E-state index contributed by atoms with van der Waals surface area (Å²) in [6, 6.07) is 4.54. The Balaban J connectivity index is 2.25. The van der Waals surface area contributed by atoms with Gasteiger partial charge in [-0.2, -0.15) is 0 Å². The molecule has 2 N–H and O–H groups in total. The van der Waals surface area contributed by atoms with E-state index in [1.54, 1.807) is 7.11 Å². The Kier molecular flexibility index (Phi) is 4.77. The van der Waals surface area contributed by atoms with Crippen LogP contribution in [0.2, 0.25) is 0 Å². The van der Waals surface area contributed by atoms with E-state index in [0.29, 0.717) is 12.6 Å². The maximum atomic E-state index is 6.07. The van der Waals surface area contributed by atoms with Crippen molar-refractivity contribution in [1.82, 2.24) is 4.98 Å². The highest BCUT2D eigenvalue weighted by Gasteiger charge is 2.33. The van der Waals surface area contributed by atoms with Crippen LogP contribution >= 0.6 is 0 Å². The molecular formula is C15H25N3O. The van der Waals surface area contributed by atoms with Gasteiger partial charge in [-0.15, -0.1) is 0 Å². The largest absolute Gasteiger partial charge is 0.383 e. The highest BCUT2D eigenvalue weighted by atomic mass is 16.5. The number of methoxy groups -OCH3 is 1. The van der Waals surface area contributed by atoms with Crippen molar-refractivity contribution in [2.24, 2.45) is 11.7 Å². The lowest BCUT2D eigenvalue weighted by Crippen LogP contribution is -2.39. The van der Waals surface area contributed by atoms with Crippen molar-refractivity contribution in [3.05, 3.63) is 23.9 Å². The van der Waals surface area contributed by atoms with Crippen molar-refractivity contribution < 1.29 is 4.74 Å². The first kappa shape index (κ1) is 14.3. The third-order valence-corrected chi connectivity index (χ3v) is 3.91. The number of aromatic nitrogens is 1. The molecule has 1 saturated carbocycles. The molecular weight excluding hydrogens is 238 g/mol. The second-order valence-electron chi connectivity index (χ2n) is 5.47. The minimum Gasteiger partial charge on any atom is -0.383 e. The summed E-state index contributed by atoms with van der Waals surface area (Å²) in [4.78, 5) is 6.94. The molecule has 4 nitrogen and oxygen atoms in total. The van der Waals surface area contributed by atoms with E-state index in [1.807, 2.05) is 19.2 Å². The summed E-state index contributed by atoms with van der Waals surface area (Å²) in [7, 11) is 1.74. The summed E-state index contributed by atoms with van der Waals surface area (Å²) in [5.74, 6) is 1.81. The van der Waals surface area contributed by atoms with Crippen LogP contribution in [-0.2, 0) is 4.74 Å². The summed E-state index contributed by atoms with van der Waals surface area (Å²) < 4.78 is 5.24. The summed E-state index contributed by atoms with van der Waals surface area (Å²) in [5.41, 5.74) is 7.19. The summed E-state index contributed by atoms with van der Waals surface area (Å²) in [5, 5.41) is 0. The van der Waals surface area contributed by atoms with Gasteiger partial charge in [0.2, 0.25) is 0 Å². The lowest BCUT2D eigenvalue weighted by molar-refractivity contribution is 0.202. The van der Waals surface area contributed by atoms with Gasteiger partial charge >= 0.3 is 0 Å². The van der Waals surface area contributed by atoms with Crippen LogP contribution in [0.4, 0.5) is 5.82 Å². The summed E-state index contributed by atoms with van der Waals surface area (Å²) >= 11 is 0. The lowest BCUT2D eigenvalue weighted by Gasteiger charge is -2.32. The van der Waals surface area contributed by atoms with Crippen molar-refractivity contribution in [3.8, 4) is 0 Å². The van der Waals surface area contributed by atoms with Crippen molar-refractivity contribution in [3.63, 3.8) is 0 Å². The molecule has 0 amide bonds. The van der Waals surface area contributed by atoms with Gasteiger partial charge in [0.15, 0.2) is 0 Å². The second kappa shape index (κ2) is 6.35.